The van der Waals surface area contributed by atoms with Crippen LogP contribution >= 0.6 is 0 Å². The summed E-state index contributed by atoms with van der Waals surface area (Å²) in [5.41, 5.74) is 3.57. The molecule has 2 aromatic heterocycles. The SMILES string of the molecule is Cc1cc(-n2ccnc2C)ccc1CNC1CCn2c(n[nH]c2=O)C1. The van der Waals surface area contributed by atoms with Gasteiger partial charge < -0.3 is 9.88 Å². The molecule has 0 spiro atoms. The molecule has 25 heavy (non-hydrogen) atoms. The van der Waals surface area contributed by atoms with Gasteiger partial charge in [0.05, 0.1) is 0 Å². The lowest BCUT2D eigenvalue weighted by atomic mass is 10.0. The van der Waals surface area contributed by atoms with E-state index in [-0.39, 0.29) is 5.69 Å². The van der Waals surface area contributed by atoms with Crippen LogP contribution in [0.1, 0.15) is 29.2 Å². The molecule has 0 radical (unpaired) electrons. The van der Waals surface area contributed by atoms with Crippen molar-refractivity contribution in [2.24, 2.45) is 0 Å². The Labute approximate surface area is 145 Å². The third-order valence-electron chi connectivity index (χ3n) is 4.98. The minimum absolute atomic E-state index is 0.102. The lowest BCUT2D eigenvalue weighted by Gasteiger charge is -2.23. The zero-order chi connectivity index (χ0) is 17.4. The number of imidazole rings is 1. The van der Waals surface area contributed by atoms with Crippen molar-refractivity contribution in [3.05, 3.63) is 63.9 Å². The summed E-state index contributed by atoms with van der Waals surface area (Å²) in [6.45, 7) is 5.68. The first-order valence-electron chi connectivity index (χ1n) is 8.59. The number of fused-ring (bicyclic) bond motifs is 1. The predicted octanol–water partition coefficient (Wildman–Crippen LogP) is 1.48. The van der Waals surface area contributed by atoms with Gasteiger partial charge in [0.15, 0.2) is 0 Å². The van der Waals surface area contributed by atoms with Crippen LogP contribution in [-0.2, 0) is 19.5 Å². The highest BCUT2D eigenvalue weighted by molar-refractivity contribution is 5.41. The number of hydrogen-bond donors (Lipinski definition) is 2. The molecular formula is C18H22N6O. The first-order valence-corrected chi connectivity index (χ1v) is 8.59. The molecule has 3 aromatic rings. The summed E-state index contributed by atoms with van der Waals surface area (Å²) in [5, 5.41) is 10.2. The number of nitrogens with zero attached hydrogens (tertiary/aromatic N) is 4. The Kier molecular flexibility index (Phi) is 4.01. The van der Waals surface area contributed by atoms with E-state index in [1.54, 1.807) is 4.57 Å². The van der Waals surface area contributed by atoms with Gasteiger partial charge in [0.2, 0.25) is 0 Å². The standard InChI is InChI=1S/C18H22N6O/c1-12-9-16(23-8-6-19-13(23)2)4-3-14(12)11-20-15-5-7-24-17(10-15)21-22-18(24)25/h3-4,6,8-9,15,20H,5,7,10-11H2,1-2H3,(H,22,25). The number of H-pyrrole nitrogens is 1. The largest absolute Gasteiger partial charge is 0.343 e. The Morgan fingerprint density at radius 2 is 2.24 bits per heavy atom. The van der Waals surface area contributed by atoms with Crippen LogP contribution < -0.4 is 11.0 Å². The maximum absolute atomic E-state index is 11.6. The van der Waals surface area contributed by atoms with Crippen LogP contribution in [0.4, 0.5) is 0 Å². The summed E-state index contributed by atoms with van der Waals surface area (Å²) < 4.78 is 3.81. The summed E-state index contributed by atoms with van der Waals surface area (Å²) in [6, 6.07) is 6.84. The van der Waals surface area contributed by atoms with Crippen LogP contribution in [0.15, 0.2) is 35.4 Å². The van der Waals surface area contributed by atoms with Gasteiger partial charge in [-0.25, -0.2) is 14.9 Å². The van der Waals surface area contributed by atoms with Gasteiger partial charge in [-0.2, -0.15) is 5.10 Å². The number of benzene rings is 1. The molecule has 7 nitrogen and oxygen atoms in total. The predicted molar refractivity (Wildman–Crippen MR) is 94.8 cm³/mol. The van der Waals surface area contributed by atoms with Crippen molar-refractivity contribution < 1.29 is 0 Å². The van der Waals surface area contributed by atoms with Crippen molar-refractivity contribution in [2.45, 2.75) is 45.8 Å². The second kappa shape index (κ2) is 6.33. The lowest BCUT2D eigenvalue weighted by Crippen LogP contribution is -2.38. The maximum Gasteiger partial charge on any atom is 0.343 e. The fourth-order valence-electron chi connectivity index (χ4n) is 3.45. The minimum atomic E-state index is -0.102. The van der Waals surface area contributed by atoms with Gasteiger partial charge in [0, 0.05) is 43.6 Å². The molecule has 1 unspecified atom stereocenters. The van der Waals surface area contributed by atoms with E-state index in [4.69, 9.17) is 0 Å². The Balaban J connectivity index is 1.43. The van der Waals surface area contributed by atoms with Gasteiger partial charge in [-0.15, -0.1) is 0 Å². The molecule has 0 amide bonds. The van der Waals surface area contributed by atoms with E-state index >= 15 is 0 Å². The summed E-state index contributed by atoms with van der Waals surface area (Å²) in [7, 11) is 0. The summed E-state index contributed by atoms with van der Waals surface area (Å²) in [5.74, 6) is 1.83. The van der Waals surface area contributed by atoms with Crippen molar-refractivity contribution in [3.63, 3.8) is 0 Å². The fraction of sp³-hybridized carbons (Fsp3) is 0.389. The summed E-state index contributed by atoms with van der Waals surface area (Å²) in [6.07, 6.45) is 5.52. The second-order valence-corrected chi connectivity index (χ2v) is 6.62. The normalized spacial score (nSPS) is 16.8. The third-order valence-corrected chi connectivity index (χ3v) is 4.98. The van der Waals surface area contributed by atoms with Gasteiger partial charge in [-0.3, -0.25) is 4.57 Å². The average molecular weight is 338 g/mol. The highest BCUT2D eigenvalue weighted by Gasteiger charge is 2.21. The van der Waals surface area contributed by atoms with Gasteiger partial charge in [0.25, 0.3) is 0 Å². The van der Waals surface area contributed by atoms with E-state index in [1.807, 2.05) is 19.3 Å². The molecule has 1 atom stereocenters. The molecule has 130 valence electrons. The van der Waals surface area contributed by atoms with Gasteiger partial charge >= 0.3 is 5.69 Å². The number of aryl methyl sites for hydroxylation is 2. The molecule has 0 saturated carbocycles. The van der Waals surface area contributed by atoms with E-state index < -0.39 is 0 Å². The fourth-order valence-corrected chi connectivity index (χ4v) is 3.45. The number of aromatic nitrogens is 5. The van der Waals surface area contributed by atoms with Gasteiger partial charge in [-0.05, 0) is 43.5 Å². The van der Waals surface area contributed by atoms with E-state index in [0.717, 1.165) is 43.3 Å². The summed E-state index contributed by atoms with van der Waals surface area (Å²) >= 11 is 0. The van der Waals surface area contributed by atoms with Crippen LogP contribution in [0.3, 0.4) is 0 Å². The second-order valence-electron chi connectivity index (χ2n) is 6.62. The quantitative estimate of drug-likeness (QED) is 0.755. The molecule has 2 N–H and O–H groups in total. The molecule has 0 saturated heterocycles. The molecule has 3 heterocycles. The molecule has 0 bridgehead atoms. The third kappa shape index (κ3) is 3.02. The van der Waals surface area contributed by atoms with Crippen LogP contribution in [0, 0.1) is 13.8 Å². The lowest BCUT2D eigenvalue weighted by molar-refractivity contribution is 0.388. The highest BCUT2D eigenvalue weighted by Crippen LogP contribution is 2.17. The van der Waals surface area contributed by atoms with Crippen LogP contribution in [0.2, 0.25) is 0 Å². The first-order chi connectivity index (χ1) is 12.1. The average Bonchev–Trinajstić information content (AvgIpc) is 3.20. The van der Waals surface area contributed by atoms with Crippen LogP contribution in [0.25, 0.3) is 5.69 Å². The topological polar surface area (TPSA) is 80.5 Å². The van der Waals surface area contributed by atoms with Gasteiger partial charge in [-0.1, -0.05) is 6.07 Å². The van der Waals surface area contributed by atoms with E-state index in [0.29, 0.717) is 6.04 Å². The Morgan fingerprint density at radius 3 is 3.00 bits per heavy atom. The van der Waals surface area contributed by atoms with E-state index in [9.17, 15) is 4.79 Å². The van der Waals surface area contributed by atoms with Gasteiger partial charge in [0.1, 0.15) is 11.6 Å². The molecule has 1 aliphatic heterocycles. The van der Waals surface area contributed by atoms with E-state index in [2.05, 4.69) is 50.2 Å². The first kappa shape index (κ1) is 15.8. The number of nitrogens with one attached hydrogen (secondary N) is 2. The maximum atomic E-state index is 11.6. The Morgan fingerprint density at radius 1 is 1.36 bits per heavy atom. The molecule has 0 aliphatic carbocycles. The molecule has 4 rings (SSSR count). The minimum Gasteiger partial charge on any atom is -0.309 e. The van der Waals surface area contributed by atoms with Crippen molar-refractivity contribution in [2.75, 3.05) is 0 Å². The number of aromatic amines is 1. The van der Waals surface area contributed by atoms with Crippen LogP contribution in [-0.4, -0.2) is 30.4 Å². The Bertz CT molecular complexity index is 951. The van der Waals surface area contributed by atoms with Crippen molar-refractivity contribution >= 4 is 0 Å². The number of rotatable bonds is 4. The van der Waals surface area contributed by atoms with E-state index in [1.165, 1.54) is 11.1 Å². The highest BCUT2D eigenvalue weighted by atomic mass is 16.1. The van der Waals surface area contributed by atoms with Crippen molar-refractivity contribution in [1.82, 2.24) is 29.6 Å². The Hall–Kier alpha value is -2.67. The van der Waals surface area contributed by atoms with Crippen LogP contribution in [0.5, 0.6) is 0 Å². The monoisotopic (exact) mass is 338 g/mol. The molecule has 7 heteroatoms. The van der Waals surface area contributed by atoms with Crippen molar-refractivity contribution in [1.29, 1.82) is 0 Å². The zero-order valence-electron chi connectivity index (χ0n) is 14.5. The molecule has 1 aliphatic rings. The smallest absolute Gasteiger partial charge is 0.309 e. The summed E-state index contributed by atoms with van der Waals surface area (Å²) in [4.78, 5) is 15.8. The molecular weight excluding hydrogens is 316 g/mol. The molecule has 0 fully saturated rings. The molecule has 1 aromatic carbocycles. The zero-order valence-corrected chi connectivity index (χ0v) is 14.5. The van der Waals surface area contributed by atoms with Crippen molar-refractivity contribution in [3.8, 4) is 5.69 Å². The number of hydrogen-bond acceptors (Lipinski definition) is 4.